The number of aryl methyl sites for hydroxylation is 2. The van der Waals surface area contributed by atoms with Crippen molar-refractivity contribution >= 4 is 10.9 Å². The Kier molecular flexibility index (Phi) is 1.83. The van der Waals surface area contributed by atoms with Gasteiger partial charge in [-0.15, -0.1) is 0 Å². The van der Waals surface area contributed by atoms with Crippen LogP contribution in [-0.4, -0.2) is 4.98 Å². The molecule has 2 aromatic rings. The van der Waals surface area contributed by atoms with E-state index in [-0.39, 0.29) is 5.82 Å². The van der Waals surface area contributed by atoms with E-state index in [1.807, 2.05) is 18.3 Å². The maximum absolute atomic E-state index is 13.5. The van der Waals surface area contributed by atoms with Crippen LogP contribution < -0.4 is 0 Å². The molecule has 0 amide bonds. The second kappa shape index (κ2) is 2.87. The third-order valence-electron chi connectivity index (χ3n) is 2.45. The highest BCUT2D eigenvalue weighted by atomic mass is 19.1. The molecule has 1 aromatic carbocycles. The standard InChI is InChI=1S/C11H12FN/c1-3-8-6-13-11-9(8)5-4-7(2)10(11)12/h4-6,13H,3H2,1-2H3. The molecule has 1 nitrogen and oxygen atoms in total. The third-order valence-corrected chi connectivity index (χ3v) is 2.45. The number of fused-ring (bicyclic) bond motifs is 1. The van der Waals surface area contributed by atoms with Gasteiger partial charge in [-0.1, -0.05) is 19.1 Å². The minimum atomic E-state index is -0.128. The molecule has 2 heteroatoms. The molecule has 0 saturated carbocycles. The van der Waals surface area contributed by atoms with E-state index >= 15 is 0 Å². The third kappa shape index (κ3) is 1.13. The number of H-pyrrole nitrogens is 1. The van der Waals surface area contributed by atoms with E-state index in [9.17, 15) is 4.39 Å². The summed E-state index contributed by atoms with van der Waals surface area (Å²) in [7, 11) is 0. The molecular weight excluding hydrogens is 165 g/mol. The molecule has 0 bridgehead atoms. The van der Waals surface area contributed by atoms with Gasteiger partial charge in [0.2, 0.25) is 0 Å². The molecule has 13 heavy (non-hydrogen) atoms. The fraction of sp³-hybridized carbons (Fsp3) is 0.273. The van der Waals surface area contributed by atoms with Crippen LogP contribution in [-0.2, 0) is 6.42 Å². The van der Waals surface area contributed by atoms with Crippen LogP contribution in [0.5, 0.6) is 0 Å². The zero-order valence-electron chi connectivity index (χ0n) is 7.82. The molecule has 1 heterocycles. The van der Waals surface area contributed by atoms with E-state index in [0.717, 1.165) is 11.8 Å². The van der Waals surface area contributed by atoms with Crippen LogP contribution in [0.15, 0.2) is 18.3 Å². The van der Waals surface area contributed by atoms with Crippen molar-refractivity contribution in [1.29, 1.82) is 0 Å². The molecular formula is C11H12FN. The SMILES string of the molecule is CCc1c[nH]c2c(F)c(C)ccc12. The second-order valence-corrected chi connectivity index (χ2v) is 3.29. The normalized spacial score (nSPS) is 11.0. The minimum Gasteiger partial charge on any atom is -0.359 e. The van der Waals surface area contributed by atoms with Gasteiger partial charge in [0.1, 0.15) is 5.82 Å². The Balaban J connectivity index is 2.81. The summed E-state index contributed by atoms with van der Waals surface area (Å²) in [6, 6.07) is 3.80. The van der Waals surface area contributed by atoms with Crippen molar-refractivity contribution < 1.29 is 4.39 Å². The van der Waals surface area contributed by atoms with Crippen molar-refractivity contribution in [2.45, 2.75) is 20.3 Å². The predicted molar refractivity (Wildman–Crippen MR) is 52.4 cm³/mol. The van der Waals surface area contributed by atoms with Crippen LogP contribution in [0.25, 0.3) is 10.9 Å². The van der Waals surface area contributed by atoms with E-state index in [1.54, 1.807) is 6.92 Å². The van der Waals surface area contributed by atoms with Gasteiger partial charge in [-0.3, -0.25) is 0 Å². The van der Waals surface area contributed by atoms with Crippen LogP contribution in [0, 0.1) is 12.7 Å². The number of halogens is 1. The van der Waals surface area contributed by atoms with Gasteiger partial charge in [0, 0.05) is 11.6 Å². The summed E-state index contributed by atoms with van der Waals surface area (Å²) in [6.45, 7) is 3.85. The van der Waals surface area contributed by atoms with Crippen LogP contribution in [0.3, 0.4) is 0 Å². The zero-order valence-corrected chi connectivity index (χ0v) is 7.82. The topological polar surface area (TPSA) is 15.8 Å². The van der Waals surface area contributed by atoms with Gasteiger partial charge in [0.25, 0.3) is 0 Å². The Labute approximate surface area is 76.6 Å². The number of hydrogen-bond acceptors (Lipinski definition) is 0. The molecule has 0 aliphatic heterocycles. The summed E-state index contributed by atoms with van der Waals surface area (Å²) in [5, 5.41) is 1.01. The van der Waals surface area contributed by atoms with Crippen molar-refractivity contribution in [3.05, 3.63) is 35.3 Å². The molecule has 1 aromatic heterocycles. The van der Waals surface area contributed by atoms with Gasteiger partial charge in [0.15, 0.2) is 0 Å². The number of aromatic amines is 1. The molecule has 0 saturated heterocycles. The van der Waals surface area contributed by atoms with Crippen molar-refractivity contribution in [2.75, 3.05) is 0 Å². The molecule has 0 fully saturated rings. The smallest absolute Gasteiger partial charge is 0.150 e. The molecule has 1 N–H and O–H groups in total. The maximum atomic E-state index is 13.5. The average Bonchev–Trinajstić information content (AvgIpc) is 2.55. The number of benzene rings is 1. The van der Waals surface area contributed by atoms with Crippen molar-refractivity contribution in [3.8, 4) is 0 Å². The summed E-state index contributed by atoms with van der Waals surface area (Å²) in [5.41, 5.74) is 2.50. The number of hydrogen-bond donors (Lipinski definition) is 1. The van der Waals surface area contributed by atoms with Crippen LogP contribution in [0.2, 0.25) is 0 Å². The number of rotatable bonds is 1. The fourth-order valence-corrected chi connectivity index (χ4v) is 1.62. The first-order valence-electron chi connectivity index (χ1n) is 4.49. The van der Waals surface area contributed by atoms with Gasteiger partial charge in [0.05, 0.1) is 5.52 Å². The van der Waals surface area contributed by atoms with E-state index in [0.29, 0.717) is 11.1 Å². The highest BCUT2D eigenvalue weighted by Gasteiger charge is 2.07. The summed E-state index contributed by atoms with van der Waals surface area (Å²) in [5.74, 6) is -0.128. The minimum absolute atomic E-state index is 0.128. The lowest BCUT2D eigenvalue weighted by Gasteiger charge is -1.98. The van der Waals surface area contributed by atoms with E-state index in [2.05, 4.69) is 11.9 Å². The predicted octanol–water partition coefficient (Wildman–Crippen LogP) is 3.18. The van der Waals surface area contributed by atoms with Crippen LogP contribution >= 0.6 is 0 Å². The fourth-order valence-electron chi connectivity index (χ4n) is 1.62. The molecule has 0 aliphatic carbocycles. The molecule has 0 atom stereocenters. The molecule has 0 spiro atoms. The monoisotopic (exact) mass is 177 g/mol. The Morgan fingerprint density at radius 3 is 2.85 bits per heavy atom. The highest BCUT2D eigenvalue weighted by Crippen LogP contribution is 2.23. The summed E-state index contributed by atoms with van der Waals surface area (Å²) < 4.78 is 13.5. The van der Waals surface area contributed by atoms with Gasteiger partial charge >= 0.3 is 0 Å². The summed E-state index contributed by atoms with van der Waals surface area (Å²) in [6.07, 6.45) is 2.82. The van der Waals surface area contributed by atoms with Crippen molar-refractivity contribution in [2.24, 2.45) is 0 Å². The Morgan fingerprint density at radius 1 is 1.38 bits per heavy atom. The number of nitrogens with one attached hydrogen (secondary N) is 1. The van der Waals surface area contributed by atoms with E-state index in [1.165, 1.54) is 5.56 Å². The summed E-state index contributed by atoms with van der Waals surface area (Å²) >= 11 is 0. The molecule has 0 aliphatic rings. The van der Waals surface area contributed by atoms with E-state index < -0.39 is 0 Å². The first-order chi connectivity index (χ1) is 6.24. The molecule has 2 rings (SSSR count). The van der Waals surface area contributed by atoms with Gasteiger partial charge in [-0.05, 0) is 24.5 Å². The largest absolute Gasteiger partial charge is 0.359 e. The Bertz CT molecular complexity index is 443. The lowest BCUT2D eigenvalue weighted by atomic mass is 10.1. The van der Waals surface area contributed by atoms with Crippen LogP contribution in [0.1, 0.15) is 18.1 Å². The molecule has 0 radical (unpaired) electrons. The second-order valence-electron chi connectivity index (χ2n) is 3.29. The van der Waals surface area contributed by atoms with Gasteiger partial charge in [-0.25, -0.2) is 4.39 Å². The van der Waals surface area contributed by atoms with Crippen molar-refractivity contribution in [1.82, 2.24) is 4.98 Å². The molecule has 68 valence electrons. The summed E-state index contributed by atoms with van der Waals surface area (Å²) in [4.78, 5) is 2.97. The lowest BCUT2D eigenvalue weighted by molar-refractivity contribution is 0.628. The van der Waals surface area contributed by atoms with E-state index in [4.69, 9.17) is 0 Å². The first-order valence-corrected chi connectivity index (χ1v) is 4.49. The average molecular weight is 177 g/mol. The molecule has 0 unspecified atom stereocenters. The Hall–Kier alpha value is -1.31. The zero-order chi connectivity index (χ0) is 9.42. The van der Waals surface area contributed by atoms with Crippen LogP contribution in [0.4, 0.5) is 4.39 Å². The lowest BCUT2D eigenvalue weighted by Crippen LogP contribution is -1.84. The first kappa shape index (κ1) is 8.30. The van der Waals surface area contributed by atoms with Gasteiger partial charge < -0.3 is 4.98 Å². The quantitative estimate of drug-likeness (QED) is 0.688. The maximum Gasteiger partial charge on any atom is 0.150 e. The Morgan fingerprint density at radius 2 is 2.15 bits per heavy atom. The van der Waals surface area contributed by atoms with Gasteiger partial charge in [-0.2, -0.15) is 0 Å². The number of aromatic nitrogens is 1. The highest BCUT2D eigenvalue weighted by molar-refractivity contribution is 5.84. The van der Waals surface area contributed by atoms with Crippen molar-refractivity contribution in [3.63, 3.8) is 0 Å².